The maximum absolute atomic E-state index is 13.6. The maximum atomic E-state index is 13.6. The van der Waals surface area contributed by atoms with E-state index >= 15 is 0 Å². The maximum Gasteiger partial charge on any atom is 0.295 e. The summed E-state index contributed by atoms with van der Waals surface area (Å²) < 4.78 is 11.1. The van der Waals surface area contributed by atoms with Crippen LogP contribution in [-0.2, 0) is 21.5 Å². The number of likely N-dealkylation sites (tertiary alicyclic amines) is 1. The van der Waals surface area contributed by atoms with Crippen LogP contribution in [0.2, 0.25) is 0 Å². The van der Waals surface area contributed by atoms with E-state index in [1.807, 2.05) is 67.6 Å². The van der Waals surface area contributed by atoms with E-state index in [4.69, 9.17) is 9.47 Å². The third-order valence-electron chi connectivity index (χ3n) is 7.33. The molecular formula is C34H39NO5. The molecule has 1 saturated heterocycles. The van der Waals surface area contributed by atoms with Crippen LogP contribution in [0.5, 0.6) is 11.5 Å². The van der Waals surface area contributed by atoms with Gasteiger partial charge < -0.3 is 19.5 Å². The molecule has 40 heavy (non-hydrogen) atoms. The number of carbonyl (C=O) groups excluding carboxylic acids is 2. The standard InChI is InChI=1S/C34H39NO5/c1-8-40-28-18-15-25(19-27(28)34(4,5)6)31(36)29-30(24-13-11-23(12-14-24)21(2)3)35(33(38)32(29)37)20-22-9-16-26(39-7)17-10-22/h9-19,21,30,36H,8,20H2,1-7H3/b31-29-. The minimum atomic E-state index is -0.743. The van der Waals surface area contributed by atoms with E-state index in [0.717, 1.165) is 28.0 Å². The first-order valence-electron chi connectivity index (χ1n) is 13.7. The summed E-state index contributed by atoms with van der Waals surface area (Å²) >= 11 is 0. The van der Waals surface area contributed by atoms with E-state index in [1.165, 1.54) is 0 Å². The molecular weight excluding hydrogens is 502 g/mol. The first-order valence-corrected chi connectivity index (χ1v) is 13.7. The number of ether oxygens (including phenoxy) is 2. The van der Waals surface area contributed by atoms with Gasteiger partial charge in [0.05, 0.1) is 25.3 Å². The van der Waals surface area contributed by atoms with Gasteiger partial charge in [-0.3, -0.25) is 9.59 Å². The van der Waals surface area contributed by atoms with Crippen LogP contribution in [0.1, 0.15) is 81.3 Å². The first kappa shape index (κ1) is 28.9. The van der Waals surface area contributed by atoms with Crippen molar-refractivity contribution < 1.29 is 24.2 Å². The second-order valence-electron chi connectivity index (χ2n) is 11.5. The van der Waals surface area contributed by atoms with Gasteiger partial charge in [0.1, 0.15) is 17.3 Å². The minimum Gasteiger partial charge on any atom is -0.507 e. The van der Waals surface area contributed by atoms with Crippen molar-refractivity contribution in [3.63, 3.8) is 0 Å². The molecule has 6 nitrogen and oxygen atoms in total. The molecule has 1 aliphatic heterocycles. The molecule has 1 unspecified atom stereocenters. The number of Topliss-reactive ketones (excluding diaryl/α,β-unsaturated/α-hetero) is 1. The van der Waals surface area contributed by atoms with Crippen molar-refractivity contribution in [1.82, 2.24) is 4.90 Å². The molecule has 0 aliphatic carbocycles. The highest BCUT2D eigenvalue weighted by Crippen LogP contribution is 2.42. The van der Waals surface area contributed by atoms with E-state index in [0.29, 0.717) is 23.8 Å². The quantitative estimate of drug-likeness (QED) is 0.186. The predicted octanol–water partition coefficient (Wildman–Crippen LogP) is 7.14. The van der Waals surface area contributed by atoms with Crippen molar-refractivity contribution in [3.8, 4) is 11.5 Å². The van der Waals surface area contributed by atoms with E-state index in [-0.39, 0.29) is 23.3 Å². The van der Waals surface area contributed by atoms with Crippen LogP contribution in [0.4, 0.5) is 0 Å². The molecule has 3 aromatic carbocycles. The number of nitrogens with zero attached hydrogens (tertiary/aromatic N) is 1. The second kappa shape index (κ2) is 11.6. The normalized spacial score (nSPS) is 17.0. The average Bonchev–Trinajstić information content (AvgIpc) is 3.17. The predicted molar refractivity (Wildman–Crippen MR) is 158 cm³/mol. The minimum absolute atomic E-state index is 0.0832. The Balaban J connectivity index is 1.87. The van der Waals surface area contributed by atoms with Gasteiger partial charge in [0.25, 0.3) is 11.7 Å². The number of amides is 1. The number of rotatable bonds is 8. The fraction of sp³-hybridized carbons (Fsp3) is 0.353. The van der Waals surface area contributed by atoms with Crippen LogP contribution in [-0.4, -0.2) is 35.4 Å². The van der Waals surface area contributed by atoms with Crippen LogP contribution in [0.15, 0.2) is 72.3 Å². The van der Waals surface area contributed by atoms with Gasteiger partial charge in [0, 0.05) is 17.7 Å². The average molecular weight is 542 g/mol. The topological polar surface area (TPSA) is 76.1 Å². The lowest BCUT2D eigenvalue weighted by Crippen LogP contribution is -2.29. The molecule has 1 amide bonds. The molecule has 210 valence electrons. The summed E-state index contributed by atoms with van der Waals surface area (Å²) in [5, 5.41) is 11.7. The molecule has 1 fully saturated rings. The van der Waals surface area contributed by atoms with Gasteiger partial charge in [-0.15, -0.1) is 0 Å². The smallest absolute Gasteiger partial charge is 0.295 e. The van der Waals surface area contributed by atoms with Crippen molar-refractivity contribution in [1.29, 1.82) is 0 Å². The number of aliphatic hydroxyl groups is 1. The molecule has 1 atom stereocenters. The summed E-state index contributed by atoms with van der Waals surface area (Å²) in [5.74, 6) is 0.234. The third-order valence-corrected chi connectivity index (χ3v) is 7.33. The van der Waals surface area contributed by atoms with Crippen molar-refractivity contribution in [2.75, 3.05) is 13.7 Å². The number of ketones is 1. The fourth-order valence-electron chi connectivity index (χ4n) is 5.08. The molecule has 0 saturated carbocycles. The molecule has 6 heteroatoms. The zero-order valence-electron chi connectivity index (χ0n) is 24.4. The Morgan fingerprint density at radius 3 is 2.17 bits per heavy atom. The Bertz CT molecular complexity index is 1410. The lowest BCUT2D eigenvalue weighted by molar-refractivity contribution is -0.140. The highest BCUT2D eigenvalue weighted by molar-refractivity contribution is 6.46. The zero-order chi connectivity index (χ0) is 29.2. The number of hydrogen-bond acceptors (Lipinski definition) is 5. The van der Waals surface area contributed by atoms with E-state index < -0.39 is 17.7 Å². The fourth-order valence-corrected chi connectivity index (χ4v) is 5.08. The first-order chi connectivity index (χ1) is 19.0. The summed E-state index contributed by atoms with van der Waals surface area (Å²) in [5.41, 5.74) is 3.96. The summed E-state index contributed by atoms with van der Waals surface area (Å²) in [6.45, 7) is 13.1. The molecule has 0 spiro atoms. The Kier molecular flexibility index (Phi) is 8.38. The molecule has 4 rings (SSSR count). The van der Waals surface area contributed by atoms with Crippen LogP contribution >= 0.6 is 0 Å². The van der Waals surface area contributed by atoms with Gasteiger partial charge in [-0.05, 0) is 65.3 Å². The number of aliphatic hydroxyl groups excluding tert-OH is 1. The Hall–Kier alpha value is -4.06. The summed E-state index contributed by atoms with van der Waals surface area (Å²) in [6, 6.07) is 20.0. The van der Waals surface area contributed by atoms with Gasteiger partial charge in [-0.1, -0.05) is 71.0 Å². The molecule has 0 radical (unpaired) electrons. The summed E-state index contributed by atoms with van der Waals surface area (Å²) in [6.07, 6.45) is 0. The van der Waals surface area contributed by atoms with Gasteiger partial charge >= 0.3 is 0 Å². The van der Waals surface area contributed by atoms with E-state index in [9.17, 15) is 14.7 Å². The van der Waals surface area contributed by atoms with Crippen LogP contribution in [0, 0.1) is 0 Å². The van der Waals surface area contributed by atoms with Gasteiger partial charge in [-0.2, -0.15) is 0 Å². The summed E-state index contributed by atoms with van der Waals surface area (Å²) in [4.78, 5) is 28.6. The molecule has 0 bridgehead atoms. The Morgan fingerprint density at radius 2 is 1.62 bits per heavy atom. The third kappa shape index (κ3) is 5.76. The molecule has 1 aliphatic rings. The highest BCUT2D eigenvalue weighted by atomic mass is 16.5. The van der Waals surface area contributed by atoms with Crippen molar-refractivity contribution in [3.05, 3.63) is 100 Å². The Labute approximate surface area is 237 Å². The lowest BCUT2D eigenvalue weighted by atomic mass is 9.84. The lowest BCUT2D eigenvalue weighted by Gasteiger charge is -2.26. The number of benzene rings is 3. The highest BCUT2D eigenvalue weighted by Gasteiger charge is 2.46. The zero-order valence-corrected chi connectivity index (χ0v) is 24.4. The monoisotopic (exact) mass is 541 g/mol. The second-order valence-corrected chi connectivity index (χ2v) is 11.5. The number of methoxy groups -OCH3 is 1. The van der Waals surface area contributed by atoms with Crippen molar-refractivity contribution >= 4 is 17.4 Å². The number of carbonyl (C=O) groups is 2. The van der Waals surface area contributed by atoms with Gasteiger partial charge in [0.15, 0.2) is 0 Å². The van der Waals surface area contributed by atoms with Crippen molar-refractivity contribution in [2.24, 2.45) is 0 Å². The molecule has 1 heterocycles. The SMILES string of the molecule is CCOc1ccc(/C(O)=C2/C(=O)C(=O)N(Cc3ccc(OC)cc3)C2c2ccc(C(C)C)cc2)cc1C(C)(C)C. The Morgan fingerprint density at radius 1 is 0.975 bits per heavy atom. The number of hydrogen-bond donors (Lipinski definition) is 1. The van der Waals surface area contributed by atoms with Crippen LogP contribution < -0.4 is 9.47 Å². The van der Waals surface area contributed by atoms with Gasteiger partial charge in [-0.25, -0.2) is 0 Å². The van der Waals surface area contributed by atoms with Crippen LogP contribution in [0.3, 0.4) is 0 Å². The van der Waals surface area contributed by atoms with E-state index in [2.05, 4.69) is 34.6 Å². The molecule has 0 aromatic heterocycles. The van der Waals surface area contributed by atoms with Crippen LogP contribution in [0.25, 0.3) is 5.76 Å². The molecule has 3 aromatic rings. The van der Waals surface area contributed by atoms with E-state index in [1.54, 1.807) is 18.1 Å². The molecule has 1 N–H and O–H groups in total. The summed E-state index contributed by atoms with van der Waals surface area (Å²) in [7, 11) is 1.60. The van der Waals surface area contributed by atoms with Crippen molar-refractivity contribution in [2.45, 2.75) is 65.5 Å². The van der Waals surface area contributed by atoms with Gasteiger partial charge in [0.2, 0.25) is 0 Å². The largest absolute Gasteiger partial charge is 0.507 e.